The number of hydrogen-bond acceptors (Lipinski definition) is 4. The molecule has 2 amide bonds. The Balaban J connectivity index is 2.42. The van der Waals surface area contributed by atoms with Gasteiger partial charge in [-0.3, -0.25) is 13.9 Å². The molecule has 0 aliphatic rings. The number of carbonyl (C=O) groups is 2. The Morgan fingerprint density at radius 1 is 1.00 bits per heavy atom. The van der Waals surface area contributed by atoms with E-state index in [1.54, 1.807) is 19.1 Å². The highest BCUT2D eigenvalue weighted by atomic mass is 35.5. The van der Waals surface area contributed by atoms with Gasteiger partial charge < -0.3 is 10.2 Å². The third-order valence-electron chi connectivity index (χ3n) is 5.21. The summed E-state index contributed by atoms with van der Waals surface area (Å²) in [4.78, 5) is 27.6. The van der Waals surface area contributed by atoms with Crippen LogP contribution < -0.4 is 9.62 Å². The predicted octanol–water partition coefficient (Wildman–Crippen LogP) is 5.40. The normalized spacial score (nSPS) is 12.2. The lowest BCUT2D eigenvalue weighted by Gasteiger charge is -2.32. The Morgan fingerprint density at radius 2 is 1.60 bits per heavy atom. The molecule has 0 heterocycles. The van der Waals surface area contributed by atoms with Crippen LogP contribution in [0, 0.1) is 0 Å². The van der Waals surface area contributed by atoms with Crippen LogP contribution in [0.15, 0.2) is 36.4 Å². The number of unbranched alkanes of at least 4 members (excludes halogenated alkanes) is 1. The van der Waals surface area contributed by atoms with Gasteiger partial charge in [0.25, 0.3) is 0 Å². The average Bonchev–Trinajstić information content (AvgIpc) is 2.76. The first-order valence-electron chi connectivity index (χ1n) is 10.8. The largest absolute Gasteiger partial charge is 0.354 e. The number of sulfonamides is 1. The van der Waals surface area contributed by atoms with Gasteiger partial charge >= 0.3 is 0 Å². The van der Waals surface area contributed by atoms with Crippen molar-refractivity contribution in [3.8, 4) is 0 Å². The van der Waals surface area contributed by atoms with E-state index < -0.39 is 28.5 Å². The van der Waals surface area contributed by atoms with Crippen LogP contribution in [-0.2, 0) is 26.2 Å². The van der Waals surface area contributed by atoms with Crippen molar-refractivity contribution < 1.29 is 18.0 Å². The van der Waals surface area contributed by atoms with Gasteiger partial charge in [-0.1, -0.05) is 65.8 Å². The number of rotatable bonds is 11. The molecule has 0 saturated heterocycles. The summed E-state index contributed by atoms with van der Waals surface area (Å²) in [5, 5.41) is 3.92. The van der Waals surface area contributed by atoms with Gasteiger partial charge in [0.05, 0.1) is 17.0 Å². The molecular weight excluding hydrogens is 556 g/mol. The van der Waals surface area contributed by atoms with Gasteiger partial charge in [0.15, 0.2) is 0 Å². The molecule has 2 rings (SSSR count). The van der Waals surface area contributed by atoms with Crippen molar-refractivity contribution in [1.29, 1.82) is 0 Å². The molecule has 12 heteroatoms. The van der Waals surface area contributed by atoms with E-state index in [1.165, 1.54) is 29.2 Å². The lowest BCUT2D eigenvalue weighted by molar-refractivity contribution is -0.139. The second kappa shape index (κ2) is 13.0. The SMILES string of the molecule is CCCCNC(=O)C(C)N(Cc1ccc(Cl)cc1Cl)C(=O)CN(c1ccc(Cl)cc1Cl)S(C)(=O)=O. The molecule has 0 spiro atoms. The van der Waals surface area contributed by atoms with E-state index in [1.807, 2.05) is 6.92 Å². The van der Waals surface area contributed by atoms with Crippen molar-refractivity contribution in [3.05, 3.63) is 62.1 Å². The molecular formula is C23H27Cl4N3O4S. The van der Waals surface area contributed by atoms with E-state index in [4.69, 9.17) is 46.4 Å². The summed E-state index contributed by atoms with van der Waals surface area (Å²) in [6, 6.07) is 8.17. The average molecular weight is 583 g/mol. The quantitative estimate of drug-likeness (QED) is 0.359. The minimum absolute atomic E-state index is 0.0385. The van der Waals surface area contributed by atoms with Crippen molar-refractivity contribution >= 4 is 73.9 Å². The molecule has 0 fully saturated rings. The van der Waals surface area contributed by atoms with Crippen LogP contribution in [0.4, 0.5) is 5.69 Å². The van der Waals surface area contributed by atoms with E-state index in [-0.39, 0.29) is 23.2 Å². The summed E-state index contributed by atoms with van der Waals surface area (Å²) in [6.45, 7) is 3.40. The van der Waals surface area contributed by atoms with Crippen LogP contribution in [0.3, 0.4) is 0 Å². The zero-order valence-corrected chi connectivity index (χ0v) is 23.4. The molecule has 2 aromatic carbocycles. The number of hydrogen-bond donors (Lipinski definition) is 1. The topological polar surface area (TPSA) is 86.8 Å². The fraction of sp³-hybridized carbons (Fsp3) is 0.391. The molecule has 35 heavy (non-hydrogen) atoms. The van der Waals surface area contributed by atoms with Crippen LogP contribution in [0.5, 0.6) is 0 Å². The van der Waals surface area contributed by atoms with Gasteiger partial charge in [0.1, 0.15) is 12.6 Å². The maximum atomic E-state index is 13.5. The van der Waals surface area contributed by atoms with Crippen molar-refractivity contribution in [2.45, 2.75) is 39.3 Å². The number of halogens is 4. The Hall–Kier alpha value is -1.71. The van der Waals surface area contributed by atoms with Gasteiger partial charge in [-0.2, -0.15) is 0 Å². The first-order chi connectivity index (χ1) is 16.3. The monoisotopic (exact) mass is 581 g/mol. The van der Waals surface area contributed by atoms with Crippen LogP contribution in [0.1, 0.15) is 32.3 Å². The summed E-state index contributed by atoms with van der Waals surface area (Å²) in [5.74, 6) is -0.988. The summed E-state index contributed by atoms with van der Waals surface area (Å²) in [5.41, 5.74) is 0.643. The number of anilines is 1. The third kappa shape index (κ3) is 8.43. The second-order valence-electron chi connectivity index (χ2n) is 7.94. The molecule has 1 unspecified atom stereocenters. The fourth-order valence-corrected chi connectivity index (χ4v) is 5.12. The third-order valence-corrected chi connectivity index (χ3v) is 7.46. The van der Waals surface area contributed by atoms with E-state index in [0.29, 0.717) is 27.2 Å². The van der Waals surface area contributed by atoms with Gasteiger partial charge in [-0.05, 0) is 49.2 Å². The minimum Gasteiger partial charge on any atom is -0.354 e. The molecule has 0 bridgehead atoms. The zero-order chi connectivity index (χ0) is 26.3. The van der Waals surface area contributed by atoms with Crippen LogP contribution in [-0.4, -0.2) is 50.5 Å². The van der Waals surface area contributed by atoms with Gasteiger partial charge in [-0.25, -0.2) is 8.42 Å². The second-order valence-corrected chi connectivity index (χ2v) is 11.5. The van der Waals surface area contributed by atoms with Crippen molar-refractivity contribution in [2.24, 2.45) is 0 Å². The lowest BCUT2D eigenvalue weighted by Crippen LogP contribution is -2.51. The summed E-state index contributed by atoms with van der Waals surface area (Å²) in [7, 11) is -3.92. The predicted molar refractivity (Wildman–Crippen MR) is 143 cm³/mol. The Morgan fingerprint density at radius 3 is 2.14 bits per heavy atom. The molecule has 0 saturated carbocycles. The van der Waals surface area contributed by atoms with Gasteiger partial charge in [0.2, 0.25) is 21.8 Å². The van der Waals surface area contributed by atoms with Crippen LogP contribution in [0.25, 0.3) is 0 Å². The van der Waals surface area contributed by atoms with Crippen molar-refractivity contribution in [3.63, 3.8) is 0 Å². The maximum Gasteiger partial charge on any atom is 0.244 e. The number of amides is 2. The van der Waals surface area contributed by atoms with Crippen molar-refractivity contribution in [1.82, 2.24) is 10.2 Å². The van der Waals surface area contributed by atoms with Crippen LogP contribution in [0.2, 0.25) is 20.1 Å². The number of nitrogens with one attached hydrogen (secondary N) is 1. The number of benzene rings is 2. The molecule has 1 N–H and O–H groups in total. The molecule has 0 aliphatic heterocycles. The summed E-state index contributed by atoms with van der Waals surface area (Å²) < 4.78 is 26.1. The molecule has 0 radical (unpaired) electrons. The fourth-order valence-electron chi connectivity index (χ4n) is 3.23. The number of carbonyl (C=O) groups excluding carboxylic acids is 2. The standard InChI is InChI=1S/C23H27Cl4N3O4S/c1-4-5-10-28-23(32)15(2)29(13-16-6-7-17(24)11-19(16)26)22(31)14-30(35(3,33)34)21-9-8-18(25)12-20(21)27/h6-9,11-12,15H,4-5,10,13-14H2,1-3H3,(H,28,32). The molecule has 2 aromatic rings. The van der Waals surface area contributed by atoms with Gasteiger partial charge in [-0.15, -0.1) is 0 Å². The summed E-state index contributed by atoms with van der Waals surface area (Å²) >= 11 is 24.5. The maximum absolute atomic E-state index is 13.5. The first-order valence-corrected chi connectivity index (χ1v) is 14.1. The highest BCUT2D eigenvalue weighted by Crippen LogP contribution is 2.31. The molecule has 0 aliphatic carbocycles. The summed E-state index contributed by atoms with van der Waals surface area (Å²) in [6.07, 6.45) is 2.64. The van der Waals surface area contributed by atoms with E-state index in [2.05, 4.69) is 5.32 Å². The molecule has 7 nitrogen and oxygen atoms in total. The van der Waals surface area contributed by atoms with Crippen molar-refractivity contribution in [2.75, 3.05) is 23.7 Å². The van der Waals surface area contributed by atoms with Crippen LogP contribution >= 0.6 is 46.4 Å². The molecule has 1 atom stereocenters. The van der Waals surface area contributed by atoms with E-state index in [0.717, 1.165) is 23.4 Å². The minimum atomic E-state index is -3.92. The van der Waals surface area contributed by atoms with E-state index >= 15 is 0 Å². The zero-order valence-electron chi connectivity index (χ0n) is 19.5. The first kappa shape index (κ1) is 29.5. The molecule has 0 aromatic heterocycles. The number of nitrogens with zero attached hydrogens (tertiary/aromatic N) is 2. The Labute approximate surface area is 226 Å². The lowest BCUT2D eigenvalue weighted by atomic mass is 10.1. The highest BCUT2D eigenvalue weighted by molar-refractivity contribution is 7.92. The molecule has 192 valence electrons. The van der Waals surface area contributed by atoms with Gasteiger partial charge in [0, 0.05) is 28.2 Å². The van der Waals surface area contributed by atoms with E-state index in [9.17, 15) is 18.0 Å². The highest BCUT2D eigenvalue weighted by Gasteiger charge is 2.31. The Kier molecular flexibility index (Phi) is 11.0. The Bertz CT molecular complexity index is 1180. The smallest absolute Gasteiger partial charge is 0.244 e.